The van der Waals surface area contributed by atoms with Gasteiger partial charge in [-0.25, -0.2) is 10.9 Å². The van der Waals surface area contributed by atoms with E-state index in [-0.39, 0.29) is 30.0 Å². The summed E-state index contributed by atoms with van der Waals surface area (Å²) in [6.07, 6.45) is 3.20. The maximum absolute atomic E-state index is 9.64. The lowest BCUT2D eigenvalue weighted by Gasteiger charge is -2.35. The molecule has 6 nitrogen and oxygen atoms in total. The van der Waals surface area contributed by atoms with Gasteiger partial charge in [-0.1, -0.05) is 36.4 Å². The quantitative estimate of drug-likeness (QED) is 0.779. The standard InChI is InChI=1S/C18H17N5O/c19-9-13-14(12-7-4-8-21-10-12)15-16(11-5-2-1-3-6-11)22-23-18(15)24-17(13)20/h1-8,10,14-16,18,22-23H,20H2. The number of ether oxygens (including phenoxy) is 1. The fourth-order valence-electron chi connectivity index (χ4n) is 3.60. The van der Waals surface area contributed by atoms with E-state index in [4.69, 9.17) is 10.5 Å². The first-order valence-corrected chi connectivity index (χ1v) is 7.82. The average molecular weight is 319 g/mol. The van der Waals surface area contributed by atoms with Crippen LogP contribution in [-0.4, -0.2) is 11.2 Å². The van der Waals surface area contributed by atoms with Crippen molar-refractivity contribution in [3.8, 4) is 6.07 Å². The summed E-state index contributed by atoms with van der Waals surface area (Å²) in [6.45, 7) is 0. The SMILES string of the molecule is N#CC1=C(N)OC2NNC(c3ccccc3)C2C1c1cccnc1. The fourth-order valence-corrected chi connectivity index (χ4v) is 3.60. The molecule has 2 aromatic rings. The van der Waals surface area contributed by atoms with Crippen molar-refractivity contribution in [2.45, 2.75) is 18.2 Å². The maximum atomic E-state index is 9.64. The van der Waals surface area contributed by atoms with Gasteiger partial charge < -0.3 is 10.5 Å². The third-order valence-corrected chi connectivity index (χ3v) is 4.65. The zero-order chi connectivity index (χ0) is 16.5. The predicted molar refractivity (Wildman–Crippen MR) is 87.6 cm³/mol. The zero-order valence-electron chi connectivity index (χ0n) is 12.9. The number of hydrogen-bond donors (Lipinski definition) is 3. The highest BCUT2D eigenvalue weighted by Crippen LogP contribution is 2.46. The number of hydrazine groups is 1. The fraction of sp³-hybridized carbons (Fsp3) is 0.222. The number of fused-ring (bicyclic) bond motifs is 1. The summed E-state index contributed by atoms with van der Waals surface area (Å²) in [5.74, 6) is -0.0238. The van der Waals surface area contributed by atoms with E-state index in [0.717, 1.165) is 11.1 Å². The Morgan fingerprint density at radius 2 is 1.88 bits per heavy atom. The molecule has 0 radical (unpaired) electrons. The lowest BCUT2D eigenvalue weighted by atomic mass is 9.74. The van der Waals surface area contributed by atoms with Gasteiger partial charge in [-0.2, -0.15) is 5.26 Å². The van der Waals surface area contributed by atoms with Gasteiger partial charge in [0, 0.05) is 24.2 Å². The van der Waals surface area contributed by atoms with Crippen LogP contribution in [0.5, 0.6) is 0 Å². The van der Waals surface area contributed by atoms with Crippen molar-refractivity contribution in [1.82, 2.24) is 15.8 Å². The number of hydrogen-bond acceptors (Lipinski definition) is 6. The molecule has 0 aliphatic carbocycles. The summed E-state index contributed by atoms with van der Waals surface area (Å²) in [5, 5.41) is 9.64. The normalized spacial score (nSPS) is 28.8. The Labute approximate surface area is 139 Å². The number of aromatic nitrogens is 1. The van der Waals surface area contributed by atoms with Crippen LogP contribution in [0.4, 0.5) is 0 Å². The topological polar surface area (TPSA) is 96.0 Å². The Bertz CT molecular complexity index is 799. The van der Waals surface area contributed by atoms with Crippen LogP contribution >= 0.6 is 0 Å². The molecule has 0 amide bonds. The molecule has 2 aliphatic heterocycles. The van der Waals surface area contributed by atoms with Crippen LogP contribution in [-0.2, 0) is 4.74 Å². The molecule has 4 rings (SSSR count). The number of nitrogens with one attached hydrogen (secondary N) is 2. The molecule has 4 atom stereocenters. The van der Waals surface area contributed by atoms with Gasteiger partial charge in [0.15, 0.2) is 6.23 Å². The molecule has 3 heterocycles. The van der Waals surface area contributed by atoms with E-state index in [9.17, 15) is 5.26 Å². The van der Waals surface area contributed by atoms with Crippen molar-refractivity contribution in [1.29, 1.82) is 5.26 Å². The molecule has 1 saturated heterocycles. The van der Waals surface area contributed by atoms with E-state index in [1.807, 2.05) is 30.3 Å². The number of nitriles is 1. The number of benzene rings is 1. The molecular weight excluding hydrogens is 302 g/mol. The van der Waals surface area contributed by atoms with E-state index >= 15 is 0 Å². The predicted octanol–water partition coefficient (Wildman–Crippen LogP) is 1.68. The van der Waals surface area contributed by atoms with Crippen molar-refractivity contribution >= 4 is 0 Å². The van der Waals surface area contributed by atoms with Gasteiger partial charge in [-0.15, -0.1) is 0 Å². The van der Waals surface area contributed by atoms with Crippen LogP contribution in [0, 0.1) is 17.2 Å². The minimum absolute atomic E-state index is 0.00199. The van der Waals surface area contributed by atoms with Gasteiger partial charge >= 0.3 is 0 Å². The molecule has 2 aliphatic rings. The Morgan fingerprint density at radius 1 is 1.08 bits per heavy atom. The van der Waals surface area contributed by atoms with Gasteiger partial charge in [0.05, 0.1) is 11.6 Å². The van der Waals surface area contributed by atoms with Gasteiger partial charge in [0.25, 0.3) is 0 Å². The molecular formula is C18H17N5O. The molecule has 4 N–H and O–H groups in total. The minimum Gasteiger partial charge on any atom is -0.458 e. The second-order valence-electron chi connectivity index (χ2n) is 5.95. The van der Waals surface area contributed by atoms with Gasteiger partial charge in [0.2, 0.25) is 5.88 Å². The van der Waals surface area contributed by atoms with Crippen LogP contribution in [0.2, 0.25) is 0 Å². The second-order valence-corrected chi connectivity index (χ2v) is 5.95. The summed E-state index contributed by atoms with van der Waals surface area (Å²) in [4.78, 5) is 4.21. The largest absolute Gasteiger partial charge is 0.458 e. The van der Waals surface area contributed by atoms with E-state index in [1.165, 1.54) is 0 Å². The van der Waals surface area contributed by atoms with Gasteiger partial charge in [0.1, 0.15) is 6.07 Å². The summed E-state index contributed by atoms with van der Waals surface area (Å²) in [6, 6.07) is 16.2. The molecule has 0 saturated carbocycles. The first-order valence-electron chi connectivity index (χ1n) is 7.82. The van der Waals surface area contributed by atoms with Gasteiger partial charge in [-0.3, -0.25) is 4.98 Å². The molecule has 4 unspecified atom stereocenters. The number of pyridine rings is 1. The minimum atomic E-state index is -0.308. The van der Waals surface area contributed by atoms with Crippen LogP contribution in [0.1, 0.15) is 23.1 Å². The van der Waals surface area contributed by atoms with Crippen molar-refractivity contribution in [2.24, 2.45) is 11.7 Å². The molecule has 6 heteroatoms. The Hall–Kier alpha value is -2.88. The number of nitrogens with zero attached hydrogens (tertiary/aromatic N) is 2. The third kappa shape index (κ3) is 2.31. The maximum Gasteiger partial charge on any atom is 0.200 e. The first kappa shape index (κ1) is 14.7. The van der Waals surface area contributed by atoms with E-state index < -0.39 is 0 Å². The third-order valence-electron chi connectivity index (χ3n) is 4.65. The summed E-state index contributed by atoms with van der Waals surface area (Å²) in [5.41, 5.74) is 15.0. The smallest absolute Gasteiger partial charge is 0.200 e. The molecule has 0 spiro atoms. The van der Waals surface area contributed by atoms with Crippen LogP contribution < -0.4 is 16.6 Å². The molecule has 1 aromatic heterocycles. The lowest BCUT2D eigenvalue weighted by Crippen LogP contribution is -2.41. The molecule has 24 heavy (non-hydrogen) atoms. The summed E-state index contributed by atoms with van der Waals surface area (Å²) < 4.78 is 5.76. The summed E-state index contributed by atoms with van der Waals surface area (Å²) >= 11 is 0. The van der Waals surface area contributed by atoms with E-state index in [0.29, 0.717) is 5.57 Å². The van der Waals surface area contributed by atoms with Crippen molar-refractivity contribution < 1.29 is 4.74 Å². The highest BCUT2D eigenvalue weighted by Gasteiger charge is 2.49. The van der Waals surface area contributed by atoms with E-state index in [1.54, 1.807) is 12.4 Å². The van der Waals surface area contributed by atoms with Crippen molar-refractivity contribution in [3.05, 3.63) is 77.4 Å². The Balaban J connectivity index is 1.82. The Kier molecular flexibility index (Phi) is 3.65. The van der Waals surface area contributed by atoms with Crippen LogP contribution in [0.15, 0.2) is 66.3 Å². The van der Waals surface area contributed by atoms with Crippen LogP contribution in [0.25, 0.3) is 0 Å². The zero-order valence-corrected chi connectivity index (χ0v) is 12.9. The highest BCUT2D eigenvalue weighted by molar-refractivity contribution is 5.41. The molecule has 1 aromatic carbocycles. The first-order chi connectivity index (χ1) is 11.8. The lowest BCUT2D eigenvalue weighted by molar-refractivity contribution is 0.0340. The van der Waals surface area contributed by atoms with Crippen LogP contribution in [0.3, 0.4) is 0 Å². The van der Waals surface area contributed by atoms with Gasteiger partial charge in [-0.05, 0) is 17.2 Å². The van der Waals surface area contributed by atoms with Crippen molar-refractivity contribution in [3.63, 3.8) is 0 Å². The number of rotatable bonds is 2. The molecule has 1 fully saturated rings. The number of nitrogens with two attached hydrogens (primary N) is 1. The monoisotopic (exact) mass is 319 g/mol. The highest BCUT2D eigenvalue weighted by atomic mass is 16.5. The molecule has 120 valence electrons. The average Bonchev–Trinajstić information content (AvgIpc) is 3.05. The number of allylic oxidation sites excluding steroid dienone is 1. The van der Waals surface area contributed by atoms with Crippen molar-refractivity contribution in [2.75, 3.05) is 0 Å². The Morgan fingerprint density at radius 3 is 2.58 bits per heavy atom. The van der Waals surface area contributed by atoms with E-state index in [2.05, 4.69) is 34.0 Å². The summed E-state index contributed by atoms with van der Waals surface area (Å²) in [7, 11) is 0. The molecule has 0 bridgehead atoms. The second kappa shape index (κ2) is 5.96.